The van der Waals surface area contributed by atoms with Crippen molar-refractivity contribution < 1.29 is 22.7 Å². The van der Waals surface area contributed by atoms with Crippen LogP contribution in [0.25, 0.3) is 16.8 Å². The number of alkyl halides is 3. The fourth-order valence-electron chi connectivity index (χ4n) is 2.66. The summed E-state index contributed by atoms with van der Waals surface area (Å²) < 4.78 is 45.1. The molecule has 0 bridgehead atoms. The zero-order valence-electron chi connectivity index (χ0n) is 14.0. The van der Waals surface area contributed by atoms with E-state index in [0.29, 0.717) is 16.8 Å². The van der Waals surface area contributed by atoms with Crippen LogP contribution in [0.4, 0.5) is 19.0 Å². The van der Waals surface area contributed by atoms with E-state index in [1.807, 2.05) is 0 Å². The molecule has 0 amide bonds. The van der Waals surface area contributed by atoms with Crippen molar-refractivity contribution in [2.45, 2.75) is 20.0 Å². The Morgan fingerprint density at radius 2 is 2.08 bits per heavy atom. The summed E-state index contributed by atoms with van der Waals surface area (Å²) in [6.45, 7) is 3.46. The summed E-state index contributed by atoms with van der Waals surface area (Å²) in [6.07, 6.45) is -3.22. The van der Waals surface area contributed by atoms with E-state index in [4.69, 9.17) is 10.5 Å². The van der Waals surface area contributed by atoms with E-state index in [-0.39, 0.29) is 23.6 Å². The first kappa shape index (κ1) is 17.7. The van der Waals surface area contributed by atoms with E-state index in [9.17, 15) is 18.0 Å². The molecule has 0 fully saturated rings. The molecular weight excluding hydrogens is 349 g/mol. The number of halogens is 3. The van der Waals surface area contributed by atoms with Gasteiger partial charge in [0.25, 0.3) is 0 Å². The molecule has 0 saturated carbocycles. The summed E-state index contributed by atoms with van der Waals surface area (Å²) in [7, 11) is 0. The van der Waals surface area contributed by atoms with Gasteiger partial charge in [0.1, 0.15) is 11.4 Å². The second-order valence-electron chi connectivity index (χ2n) is 5.55. The Kier molecular flexibility index (Phi) is 4.31. The van der Waals surface area contributed by atoms with Crippen LogP contribution in [0.2, 0.25) is 0 Å². The van der Waals surface area contributed by atoms with Crippen molar-refractivity contribution in [3.05, 3.63) is 47.3 Å². The first-order chi connectivity index (χ1) is 12.2. The second-order valence-corrected chi connectivity index (χ2v) is 5.55. The van der Waals surface area contributed by atoms with Crippen molar-refractivity contribution in [1.29, 1.82) is 0 Å². The molecule has 0 spiro atoms. The third kappa shape index (κ3) is 2.96. The van der Waals surface area contributed by atoms with Crippen molar-refractivity contribution in [3.8, 4) is 11.1 Å². The minimum absolute atomic E-state index is 0.00905. The third-order valence-corrected chi connectivity index (χ3v) is 3.83. The van der Waals surface area contributed by atoms with Crippen LogP contribution >= 0.6 is 0 Å². The van der Waals surface area contributed by atoms with Gasteiger partial charge in [0.2, 0.25) is 0 Å². The number of esters is 1. The number of rotatable bonds is 3. The lowest BCUT2D eigenvalue weighted by atomic mass is 10.0. The first-order valence-corrected chi connectivity index (χ1v) is 7.72. The lowest BCUT2D eigenvalue weighted by Gasteiger charge is -2.09. The Balaban J connectivity index is 2.19. The van der Waals surface area contributed by atoms with Crippen molar-refractivity contribution in [1.82, 2.24) is 14.6 Å². The van der Waals surface area contributed by atoms with Crippen LogP contribution < -0.4 is 5.73 Å². The molecule has 9 heteroatoms. The second kappa shape index (κ2) is 6.32. The van der Waals surface area contributed by atoms with Gasteiger partial charge in [-0.25, -0.2) is 9.78 Å². The molecule has 3 rings (SSSR count). The first-order valence-electron chi connectivity index (χ1n) is 7.72. The van der Waals surface area contributed by atoms with Gasteiger partial charge in [0.05, 0.1) is 17.9 Å². The Labute approximate surface area is 146 Å². The predicted octanol–water partition coefficient (Wildman–Crippen LogP) is 3.48. The van der Waals surface area contributed by atoms with Crippen molar-refractivity contribution in [3.63, 3.8) is 0 Å². The number of hydrogen-bond acceptors (Lipinski definition) is 5. The number of aryl methyl sites for hydroxylation is 1. The predicted molar refractivity (Wildman–Crippen MR) is 88.5 cm³/mol. The van der Waals surface area contributed by atoms with Gasteiger partial charge < -0.3 is 10.5 Å². The van der Waals surface area contributed by atoms with E-state index < -0.39 is 17.7 Å². The molecule has 1 aromatic carbocycles. The van der Waals surface area contributed by atoms with Gasteiger partial charge in [0, 0.05) is 11.8 Å². The van der Waals surface area contributed by atoms with Crippen LogP contribution in [-0.4, -0.2) is 27.2 Å². The van der Waals surface area contributed by atoms with E-state index in [2.05, 4.69) is 10.1 Å². The maximum atomic E-state index is 13.0. The molecule has 2 heterocycles. The van der Waals surface area contributed by atoms with Crippen molar-refractivity contribution in [2.75, 3.05) is 12.3 Å². The van der Waals surface area contributed by atoms with Gasteiger partial charge in [-0.1, -0.05) is 12.1 Å². The van der Waals surface area contributed by atoms with Gasteiger partial charge in [-0.3, -0.25) is 0 Å². The Morgan fingerprint density at radius 1 is 1.35 bits per heavy atom. The van der Waals surface area contributed by atoms with Crippen molar-refractivity contribution >= 4 is 17.4 Å². The van der Waals surface area contributed by atoms with Crippen LogP contribution in [0.1, 0.15) is 28.5 Å². The molecule has 0 aliphatic rings. The molecule has 0 unspecified atom stereocenters. The number of anilines is 1. The van der Waals surface area contributed by atoms with Crippen LogP contribution in [0, 0.1) is 6.92 Å². The highest BCUT2D eigenvalue weighted by molar-refractivity contribution is 5.95. The Bertz CT molecular complexity index is 996. The maximum Gasteiger partial charge on any atom is 0.416 e. The van der Waals surface area contributed by atoms with E-state index in [0.717, 1.165) is 12.1 Å². The fraction of sp³-hybridized carbons (Fsp3) is 0.235. The standard InChI is InChI=1S/C17H15F3N4O2/c1-3-26-16(25)12-8-22-15-13(9(2)23-24(15)14(12)21)10-5-4-6-11(7-10)17(18,19)20/h4-8H,3,21H2,1-2H3. The summed E-state index contributed by atoms with van der Waals surface area (Å²) in [4.78, 5) is 16.1. The van der Waals surface area contributed by atoms with Gasteiger partial charge in [0.15, 0.2) is 5.65 Å². The highest BCUT2D eigenvalue weighted by Gasteiger charge is 2.31. The number of carbonyl (C=O) groups excluding carboxylic acids is 1. The summed E-state index contributed by atoms with van der Waals surface area (Å²) in [5.41, 5.74) is 6.67. The van der Waals surface area contributed by atoms with Gasteiger partial charge in [-0.15, -0.1) is 0 Å². The molecule has 26 heavy (non-hydrogen) atoms. The highest BCUT2D eigenvalue weighted by atomic mass is 19.4. The van der Waals surface area contributed by atoms with Gasteiger partial charge in [-0.05, 0) is 31.5 Å². The number of ether oxygens (including phenoxy) is 1. The number of benzene rings is 1. The molecule has 2 aromatic heterocycles. The number of aromatic nitrogens is 3. The number of nitrogen functional groups attached to an aromatic ring is 1. The normalized spacial score (nSPS) is 11.7. The third-order valence-electron chi connectivity index (χ3n) is 3.83. The van der Waals surface area contributed by atoms with Gasteiger partial charge >= 0.3 is 12.1 Å². The van der Waals surface area contributed by atoms with Crippen LogP contribution in [0.15, 0.2) is 30.5 Å². The molecule has 3 aromatic rings. The SMILES string of the molecule is CCOC(=O)c1cnc2c(-c3cccc(C(F)(F)F)c3)c(C)nn2c1N. The Hall–Kier alpha value is -3.10. The average Bonchev–Trinajstić information content (AvgIpc) is 2.92. The van der Waals surface area contributed by atoms with Crippen LogP contribution in [0.5, 0.6) is 0 Å². The minimum atomic E-state index is -4.46. The molecule has 0 aliphatic heterocycles. The molecule has 0 saturated heterocycles. The monoisotopic (exact) mass is 364 g/mol. The van der Waals surface area contributed by atoms with Crippen molar-refractivity contribution in [2.24, 2.45) is 0 Å². The summed E-state index contributed by atoms with van der Waals surface area (Å²) in [6, 6.07) is 4.88. The van der Waals surface area contributed by atoms with Crippen LogP contribution in [-0.2, 0) is 10.9 Å². The zero-order chi connectivity index (χ0) is 19.1. The maximum absolute atomic E-state index is 13.0. The molecule has 0 radical (unpaired) electrons. The minimum Gasteiger partial charge on any atom is -0.462 e. The molecule has 2 N–H and O–H groups in total. The molecular formula is C17H15F3N4O2. The quantitative estimate of drug-likeness (QED) is 0.720. The largest absolute Gasteiger partial charge is 0.462 e. The number of carbonyl (C=O) groups is 1. The molecule has 0 atom stereocenters. The smallest absolute Gasteiger partial charge is 0.416 e. The lowest BCUT2D eigenvalue weighted by Crippen LogP contribution is -2.12. The van der Waals surface area contributed by atoms with Gasteiger partial charge in [-0.2, -0.15) is 22.8 Å². The number of nitrogens with two attached hydrogens (primary N) is 1. The summed E-state index contributed by atoms with van der Waals surface area (Å²) in [5.74, 6) is -0.636. The average molecular weight is 364 g/mol. The summed E-state index contributed by atoms with van der Waals surface area (Å²) in [5, 5.41) is 4.22. The summed E-state index contributed by atoms with van der Waals surface area (Å²) >= 11 is 0. The Morgan fingerprint density at radius 3 is 2.73 bits per heavy atom. The molecule has 136 valence electrons. The number of hydrogen-bond donors (Lipinski definition) is 1. The molecule has 6 nitrogen and oxygen atoms in total. The highest BCUT2D eigenvalue weighted by Crippen LogP contribution is 2.34. The number of fused-ring (bicyclic) bond motifs is 1. The molecule has 0 aliphatic carbocycles. The van der Waals surface area contributed by atoms with E-state index in [1.165, 1.54) is 22.8 Å². The van der Waals surface area contributed by atoms with Crippen LogP contribution in [0.3, 0.4) is 0 Å². The zero-order valence-corrected chi connectivity index (χ0v) is 14.0. The lowest BCUT2D eigenvalue weighted by molar-refractivity contribution is -0.137. The van der Waals surface area contributed by atoms with E-state index in [1.54, 1.807) is 13.8 Å². The fourth-order valence-corrected chi connectivity index (χ4v) is 2.66. The van der Waals surface area contributed by atoms with E-state index >= 15 is 0 Å². The topological polar surface area (TPSA) is 82.5 Å². The number of nitrogens with zero attached hydrogens (tertiary/aromatic N) is 3.